The van der Waals surface area contributed by atoms with Crippen LogP contribution in [0.2, 0.25) is 5.15 Å². The standard InChI is InChI=1S/C19H28ClN7O3S/c1-27(2,11-6-9-24-31(29,30)13-14-7-4-3-5-8-14)12-10-23-19(28)15-17(21)26-18(22)16(20)25-15/h3-5,7-8,24H,6,9-13H2,1-2H3,(H4-,21,22,23,26,28). The molecule has 0 radical (unpaired) electrons. The van der Waals surface area contributed by atoms with Crippen molar-refractivity contribution in [3.05, 3.63) is 46.7 Å². The predicted molar refractivity (Wildman–Crippen MR) is 121 cm³/mol. The highest BCUT2D eigenvalue weighted by molar-refractivity contribution is 7.88. The van der Waals surface area contributed by atoms with Gasteiger partial charge in [0.2, 0.25) is 10.0 Å². The summed E-state index contributed by atoms with van der Waals surface area (Å²) in [7, 11) is 0.571. The Bertz CT molecular complexity index is 1010. The van der Waals surface area contributed by atoms with Crippen molar-refractivity contribution >= 4 is 39.2 Å². The van der Waals surface area contributed by atoms with Crippen LogP contribution in [0.25, 0.3) is 0 Å². The first-order valence-corrected chi connectivity index (χ1v) is 11.7. The minimum Gasteiger partial charge on any atom is -0.857 e. The van der Waals surface area contributed by atoms with Crippen molar-refractivity contribution in [1.82, 2.24) is 14.7 Å². The number of rotatable bonds is 11. The monoisotopic (exact) mass is 469 g/mol. The normalized spacial score (nSPS) is 12.8. The van der Waals surface area contributed by atoms with Crippen LogP contribution in [0, 0.1) is 0 Å². The number of aliphatic imine (C=N–C) groups is 1. The van der Waals surface area contributed by atoms with Gasteiger partial charge in [0.15, 0.2) is 16.8 Å². The Morgan fingerprint density at radius 2 is 1.84 bits per heavy atom. The zero-order valence-electron chi connectivity index (χ0n) is 17.6. The van der Waals surface area contributed by atoms with Gasteiger partial charge in [-0.05, 0) is 5.56 Å². The molecule has 0 amide bonds. The third-order valence-electron chi connectivity index (χ3n) is 4.53. The molecule has 0 saturated carbocycles. The van der Waals surface area contributed by atoms with Gasteiger partial charge in [-0.1, -0.05) is 41.9 Å². The van der Waals surface area contributed by atoms with E-state index in [1.54, 1.807) is 12.1 Å². The van der Waals surface area contributed by atoms with Crippen molar-refractivity contribution in [3.63, 3.8) is 0 Å². The van der Waals surface area contributed by atoms with Crippen molar-refractivity contribution in [2.75, 3.05) is 51.7 Å². The number of nitrogen functional groups attached to an aromatic ring is 2. The van der Waals surface area contributed by atoms with E-state index in [1.165, 1.54) is 0 Å². The number of halogens is 1. The minimum absolute atomic E-state index is 0.0474. The average molecular weight is 470 g/mol. The topological polar surface area (TPSA) is 159 Å². The van der Waals surface area contributed by atoms with Crippen molar-refractivity contribution in [2.45, 2.75) is 12.2 Å². The molecule has 0 fully saturated rings. The summed E-state index contributed by atoms with van der Waals surface area (Å²) in [6.45, 7) is 1.85. The fraction of sp³-hybridized carbons (Fsp3) is 0.421. The fourth-order valence-electron chi connectivity index (χ4n) is 2.79. The second-order valence-electron chi connectivity index (χ2n) is 7.70. The van der Waals surface area contributed by atoms with Crippen LogP contribution in [0.1, 0.15) is 17.7 Å². The molecule has 1 aromatic carbocycles. The lowest BCUT2D eigenvalue weighted by atomic mass is 10.2. The first-order chi connectivity index (χ1) is 14.5. The first kappa shape index (κ1) is 24.8. The van der Waals surface area contributed by atoms with Gasteiger partial charge in [0.25, 0.3) is 0 Å². The lowest BCUT2D eigenvalue weighted by Gasteiger charge is -2.29. The second-order valence-corrected chi connectivity index (χ2v) is 9.86. The quantitative estimate of drug-likeness (QED) is 0.180. The summed E-state index contributed by atoms with van der Waals surface area (Å²) in [4.78, 5) is 11.6. The van der Waals surface area contributed by atoms with Crippen molar-refractivity contribution < 1.29 is 18.0 Å². The summed E-state index contributed by atoms with van der Waals surface area (Å²) in [6.07, 6.45) is 0.640. The molecule has 2 rings (SSSR count). The maximum atomic E-state index is 12.2. The van der Waals surface area contributed by atoms with Gasteiger partial charge in [0.1, 0.15) is 5.69 Å². The zero-order valence-corrected chi connectivity index (χ0v) is 19.2. The van der Waals surface area contributed by atoms with Crippen LogP contribution in [0.3, 0.4) is 0 Å². The zero-order chi connectivity index (χ0) is 23.1. The number of aromatic nitrogens is 2. The van der Waals surface area contributed by atoms with E-state index in [-0.39, 0.29) is 34.8 Å². The fourth-order valence-corrected chi connectivity index (χ4v) is 4.10. The van der Waals surface area contributed by atoms with E-state index in [0.717, 1.165) is 5.56 Å². The van der Waals surface area contributed by atoms with Crippen molar-refractivity contribution in [3.8, 4) is 0 Å². The number of nitrogens with two attached hydrogens (primary N) is 2. The number of quaternary nitrogens is 1. The third kappa shape index (κ3) is 8.29. The predicted octanol–water partition coefficient (Wildman–Crippen LogP) is -0.0126. The Balaban J connectivity index is 1.79. The molecule has 10 nitrogen and oxygen atoms in total. The SMILES string of the molecule is C[N+](C)(CCCNS(=O)(=O)Cc1ccccc1)CCN=C([O-])c1nc(Cl)c(N)nc1N. The number of nitrogens with zero attached hydrogens (tertiary/aromatic N) is 4. The number of likely N-dealkylation sites (N-methyl/N-ethyl adjacent to an activating group) is 1. The molecule has 1 heterocycles. The number of nitrogens with one attached hydrogen (secondary N) is 1. The van der Waals surface area contributed by atoms with Crippen LogP contribution < -0.4 is 21.3 Å². The minimum atomic E-state index is -3.39. The number of sulfonamides is 1. The van der Waals surface area contributed by atoms with E-state index in [9.17, 15) is 13.5 Å². The summed E-state index contributed by atoms with van der Waals surface area (Å²) < 4.78 is 27.5. The number of anilines is 2. The molecule has 1 aromatic heterocycles. The van der Waals surface area contributed by atoms with Crippen LogP contribution in [-0.4, -0.2) is 69.0 Å². The molecule has 0 spiro atoms. The number of benzene rings is 1. The maximum absolute atomic E-state index is 12.2. The number of hydrogen-bond acceptors (Lipinski definition) is 8. The molecule has 0 atom stereocenters. The Morgan fingerprint density at radius 1 is 1.16 bits per heavy atom. The van der Waals surface area contributed by atoms with Crippen LogP contribution in [0.4, 0.5) is 11.6 Å². The molecule has 170 valence electrons. The molecule has 0 aliphatic carbocycles. The van der Waals surface area contributed by atoms with Crippen LogP contribution in [0.5, 0.6) is 0 Å². The van der Waals surface area contributed by atoms with Crippen LogP contribution in [0.15, 0.2) is 35.3 Å². The molecule has 0 bridgehead atoms. The van der Waals surface area contributed by atoms with Gasteiger partial charge in [-0.3, -0.25) is 4.99 Å². The Labute approximate surface area is 187 Å². The van der Waals surface area contributed by atoms with E-state index >= 15 is 0 Å². The van der Waals surface area contributed by atoms with Gasteiger partial charge in [0, 0.05) is 18.9 Å². The molecule has 0 saturated heterocycles. The molecular formula is C19H28ClN7O3S. The van der Waals surface area contributed by atoms with Crippen LogP contribution in [-0.2, 0) is 15.8 Å². The highest BCUT2D eigenvalue weighted by Crippen LogP contribution is 2.17. The molecular weight excluding hydrogens is 442 g/mol. The van der Waals surface area contributed by atoms with Gasteiger partial charge in [0.05, 0.1) is 39.5 Å². The van der Waals surface area contributed by atoms with Gasteiger partial charge < -0.3 is 21.1 Å². The average Bonchev–Trinajstić information content (AvgIpc) is 2.68. The van der Waals surface area contributed by atoms with E-state index in [2.05, 4.69) is 19.7 Å². The van der Waals surface area contributed by atoms with Gasteiger partial charge in [-0.2, -0.15) is 0 Å². The molecule has 0 unspecified atom stereocenters. The summed E-state index contributed by atoms with van der Waals surface area (Å²) in [5.74, 6) is -0.825. The smallest absolute Gasteiger partial charge is 0.215 e. The number of hydrogen-bond donors (Lipinski definition) is 3. The summed E-state index contributed by atoms with van der Waals surface area (Å²) in [5, 5.41) is 12.1. The summed E-state index contributed by atoms with van der Waals surface area (Å²) >= 11 is 5.78. The molecule has 5 N–H and O–H groups in total. The molecule has 31 heavy (non-hydrogen) atoms. The van der Waals surface area contributed by atoms with E-state index in [0.29, 0.717) is 30.5 Å². The largest absolute Gasteiger partial charge is 0.857 e. The lowest BCUT2D eigenvalue weighted by Crippen LogP contribution is -2.44. The Kier molecular flexibility index (Phi) is 8.57. The Morgan fingerprint density at radius 3 is 2.52 bits per heavy atom. The summed E-state index contributed by atoms with van der Waals surface area (Å²) in [6, 6.07) is 9.02. The van der Waals surface area contributed by atoms with Gasteiger partial charge >= 0.3 is 0 Å². The van der Waals surface area contributed by atoms with E-state index in [4.69, 9.17) is 23.1 Å². The van der Waals surface area contributed by atoms with Gasteiger partial charge in [-0.15, -0.1) is 0 Å². The first-order valence-electron chi connectivity index (χ1n) is 9.63. The van der Waals surface area contributed by atoms with Crippen LogP contribution >= 0.6 is 11.6 Å². The maximum Gasteiger partial charge on any atom is 0.215 e. The van der Waals surface area contributed by atoms with E-state index in [1.807, 2.05) is 32.3 Å². The molecule has 2 aromatic rings. The molecule has 12 heteroatoms. The molecule has 0 aliphatic rings. The molecule has 0 aliphatic heterocycles. The van der Waals surface area contributed by atoms with Gasteiger partial charge in [-0.25, -0.2) is 23.1 Å². The van der Waals surface area contributed by atoms with Crippen molar-refractivity contribution in [1.29, 1.82) is 0 Å². The third-order valence-corrected chi connectivity index (χ3v) is 6.17. The Hall–Kier alpha value is -2.47. The summed E-state index contributed by atoms with van der Waals surface area (Å²) in [5.41, 5.74) is 11.8. The second kappa shape index (κ2) is 10.7. The highest BCUT2D eigenvalue weighted by atomic mass is 35.5. The highest BCUT2D eigenvalue weighted by Gasteiger charge is 2.16. The van der Waals surface area contributed by atoms with E-state index < -0.39 is 15.9 Å². The van der Waals surface area contributed by atoms with Crippen molar-refractivity contribution in [2.24, 2.45) is 4.99 Å². The lowest BCUT2D eigenvalue weighted by molar-refractivity contribution is -0.888.